The first-order chi connectivity index (χ1) is 9.80. The van der Waals surface area contributed by atoms with Gasteiger partial charge >= 0.3 is 0 Å². The molecule has 0 spiro atoms. The number of pyridine rings is 1. The molecule has 2 aromatic rings. The van der Waals surface area contributed by atoms with E-state index < -0.39 is 0 Å². The van der Waals surface area contributed by atoms with Crippen LogP contribution in [0.15, 0.2) is 30.3 Å². The highest BCUT2D eigenvalue weighted by molar-refractivity contribution is 5.65. The Morgan fingerprint density at radius 1 is 1.30 bits per heavy atom. The van der Waals surface area contributed by atoms with Gasteiger partial charge in [-0.25, -0.2) is 4.98 Å². The fourth-order valence-electron chi connectivity index (χ4n) is 2.49. The van der Waals surface area contributed by atoms with Gasteiger partial charge in [-0.05, 0) is 43.0 Å². The maximum Gasteiger partial charge on any atom is 0.148 e. The number of ether oxygens (including phenoxy) is 1. The summed E-state index contributed by atoms with van der Waals surface area (Å²) in [6.45, 7) is 0. The lowest BCUT2D eigenvalue weighted by molar-refractivity contribution is 0.415. The van der Waals surface area contributed by atoms with E-state index >= 15 is 0 Å². The number of hydrogen-bond acceptors (Lipinski definition) is 4. The van der Waals surface area contributed by atoms with Gasteiger partial charge in [-0.15, -0.1) is 0 Å². The highest BCUT2D eigenvalue weighted by Gasteiger charge is 2.16. The van der Waals surface area contributed by atoms with Crippen LogP contribution >= 0.6 is 0 Å². The van der Waals surface area contributed by atoms with E-state index in [4.69, 9.17) is 4.74 Å². The third-order valence-corrected chi connectivity index (χ3v) is 3.50. The van der Waals surface area contributed by atoms with Gasteiger partial charge in [0.2, 0.25) is 0 Å². The van der Waals surface area contributed by atoms with Gasteiger partial charge in [0.1, 0.15) is 17.6 Å². The number of hydrogen-bond donors (Lipinski definition) is 1. The lowest BCUT2D eigenvalue weighted by Gasteiger charge is -2.10. The minimum Gasteiger partial charge on any atom is -0.497 e. The molecule has 0 unspecified atom stereocenters. The van der Waals surface area contributed by atoms with E-state index in [1.165, 1.54) is 5.56 Å². The Bertz CT molecular complexity index is 689. The first-order valence-corrected chi connectivity index (χ1v) is 6.64. The van der Waals surface area contributed by atoms with Gasteiger partial charge in [-0.1, -0.05) is 6.07 Å². The molecule has 0 saturated carbocycles. The van der Waals surface area contributed by atoms with E-state index in [2.05, 4.69) is 16.4 Å². The van der Waals surface area contributed by atoms with Crippen molar-refractivity contribution in [1.82, 2.24) is 4.98 Å². The summed E-state index contributed by atoms with van der Waals surface area (Å²) in [4.78, 5) is 4.60. The largest absolute Gasteiger partial charge is 0.497 e. The zero-order chi connectivity index (χ0) is 13.9. The summed E-state index contributed by atoms with van der Waals surface area (Å²) in [6.07, 6.45) is 3.14. The van der Waals surface area contributed by atoms with Gasteiger partial charge < -0.3 is 10.1 Å². The molecule has 20 heavy (non-hydrogen) atoms. The molecule has 0 aliphatic heterocycles. The van der Waals surface area contributed by atoms with Gasteiger partial charge in [-0.2, -0.15) is 5.26 Å². The van der Waals surface area contributed by atoms with Crippen LogP contribution in [0, 0.1) is 11.3 Å². The topological polar surface area (TPSA) is 57.9 Å². The highest BCUT2D eigenvalue weighted by atomic mass is 16.5. The van der Waals surface area contributed by atoms with E-state index in [1.54, 1.807) is 7.11 Å². The molecule has 0 amide bonds. The lowest BCUT2D eigenvalue weighted by Crippen LogP contribution is -2.01. The lowest BCUT2D eigenvalue weighted by atomic mass is 10.1. The molecule has 0 radical (unpaired) electrons. The Labute approximate surface area is 118 Å². The van der Waals surface area contributed by atoms with Crippen molar-refractivity contribution in [3.63, 3.8) is 0 Å². The third kappa shape index (κ3) is 2.30. The molecule has 0 atom stereocenters. The second-order valence-electron chi connectivity index (χ2n) is 4.81. The number of nitriles is 1. The highest BCUT2D eigenvalue weighted by Crippen LogP contribution is 2.27. The van der Waals surface area contributed by atoms with Crippen molar-refractivity contribution in [2.75, 3.05) is 12.4 Å². The van der Waals surface area contributed by atoms with Crippen LogP contribution in [0.1, 0.15) is 23.2 Å². The first-order valence-electron chi connectivity index (χ1n) is 6.64. The monoisotopic (exact) mass is 265 g/mol. The molecule has 1 aromatic carbocycles. The summed E-state index contributed by atoms with van der Waals surface area (Å²) < 4.78 is 5.20. The minimum atomic E-state index is 0.591. The van der Waals surface area contributed by atoms with Crippen LogP contribution in [0.5, 0.6) is 5.75 Å². The fourth-order valence-corrected chi connectivity index (χ4v) is 2.49. The van der Waals surface area contributed by atoms with Crippen molar-refractivity contribution < 1.29 is 4.74 Å². The molecule has 0 fully saturated rings. The first kappa shape index (κ1) is 12.5. The van der Waals surface area contributed by atoms with E-state index in [9.17, 15) is 5.26 Å². The molecular formula is C16H15N3O. The second kappa shape index (κ2) is 5.22. The number of rotatable bonds is 3. The number of anilines is 2. The SMILES string of the molecule is COc1cccc(Nc2nc3c(cc2C#N)CCC3)c1. The average Bonchev–Trinajstić information content (AvgIpc) is 2.93. The number of methoxy groups -OCH3 is 1. The van der Waals surface area contributed by atoms with Crippen molar-refractivity contribution in [2.24, 2.45) is 0 Å². The van der Waals surface area contributed by atoms with E-state index in [0.717, 1.165) is 36.4 Å². The zero-order valence-corrected chi connectivity index (χ0v) is 11.3. The van der Waals surface area contributed by atoms with Crippen molar-refractivity contribution in [3.05, 3.63) is 47.2 Å². The summed E-state index contributed by atoms with van der Waals surface area (Å²) in [6, 6.07) is 11.8. The summed E-state index contributed by atoms with van der Waals surface area (Å²) in [5.74, 6) is 1.40. The van der Waals surface area contributed by atoms with Gasteiger partial charge in [-0.3, -0.25) is 0 Å². The van der Waals surface area contributed by atoms with Crippen LogP contribution in [-0.4, -0.2) is 12.1 Å². The molecule has 1 N–H and O–H groups in total. The maximum absolute atomic E-state index is 9.27. The molecule has 1 aliphatic carbocycles. The normalized spacial score (nSPS) is 12.6. The summed E-state index contributed by atoms with van der Waals surface area (Å²) in [7, 11) is 1.63. The van der Waals surface area contributed by atoms with Crippen molar-refractivity contribution in [3.8, 4) is 11.8 Å². The number of benzene rings is 1. The van der Waals surface area contributed by atoms with Crippen LogP contribution < -0.4 is 10.1 Å². The van der Waals surface area contributed by atoms with Crippen LogP contribution in [-0.2, 0) is 12.8 Å². The molecule has 4 heteroatoms. The third-order valence-electron chi connectivity index (χ3n) is 3.50. The average molecular weight is 265 g/mol. The van der Waals surface area contributed by atoms with Crippen LogP contribution in [0.25, 0.3) is 0 Å². The number of nitrogens with one attached hydrogen (secondary N) is 1. The van der Waals surface area contributed by atoms with E-state index in [0.29, 0.717) is 11.4 Å². The number of nitrogens with zero attached hydrogens (tertiary/aromatic N) is 2. The van der Waals surface area contributed by atoms with Gasteiger partial charge in [0.25, 0.3) is 0 Å². The molecule has 1 heterocycles. The Kier molecular flexibility index (Phi) is 3.26. The zero-order valence-electron chi connectivity index (χ0n) is 11.3. The smallest absolute Gasteiger partial charge is 0.148 e. The fraction of sp³-hybridized carbons (Fsp3) is 0.250. The van der Waals surface area contributed by atoms with Gasteiger partial charge in [0.05, 0.1) is 12.7 Å². The Balaban J connectivity index is 1.96. The predicted molar refractivity (Wildman–Crippen MR) is 77.3 cm³/mol. The van der Waals surface area contributed by atoms with Crippen LogP contribution in [0.2, 0.25) is 0 Å². The molecule has 100 valence electrons. The van der Waals surface area contributed by atoms with Crippen molar-refractivity contribution in [2.45, 2.75) is 19.3 Å². The van der Waals surface area contributed by atoms with E-state index in [1.807, 2.05) is 30.3 Å². The predicted octanol–water partition coefficient (Wildman–Crippen LogP) is 3.19. The second-order valence-corrected chi connectivity index (χ2v) is 4.81. The van der Waals surface area contributed by atoms with Gasteiger partial charge in [0.15, 0.2) is 0 Å². The standard InChI is InChI=1S/C16H15N3O/c1-20-14-6-3-5-13(9-14)18-16-12(10-17)8-11-4-2-7-15(11)19-16/h3,5-6,8-9H,2,4,7H2,1H3,(H,18,19). The number of fused-ring (bicyclic) bond motifs is 1. The molecule has 1 aliphatic rings. The van der Waals surface area contributed by atoms with Crippen molar-refractivity contribution >= 4 is 11.5 Å². The molecule has 0 saturated heterocycles. The van der Waals surface area contributed by atoms with E-state index in [-0.39, 0.29) is 0 Å². The number of aromatic nitrogens is 1. The number of aryl methyl sites for hydroxylation is 2. The Morgan fingerprint density at radius 3 is 3.00 bits per heavy atom. The Morgan fingerprint density at radius 2 is 2.20 bits per heavy atom. The molecule has 4 nitrogen and oxygen atoms in total. The van der Waals surface area contributed by atoms with Crippen LogP contribution in [0.4, 0.5) is 11.5 Å². The Hall–Kier alpha value is -2.54. The van der Waals surface area contributed by atoms with Gasteiger partial charge in [0, 0.05) is 17.4 Å². The minimum absolute atomic E-state index is 0.591. The summed E-state index contributed by atoms with van der Waals surface area (Å²) in [5.41, 5.74) is 3.77. The molecule has 1 aromatic heterocycles. The van der Waals surface area contributed by atoms with Crippen LogP contribution in [0.3, 0.4) is 0 Å². The summed E-state index contributed by atoms with van der Waals surface area (Å²) in [5, 5.41) is 12.5. The maximum atomic E-state index is 9.27. The molecular weight excluding hydrogens is 250 g/mol. The molecule has 3 rings (SSSR count). The molecule has 0 bridgehead atoms. The summed E-state index contributed by atoms with van der Waals surface area (Å²) >= 11 is 0. The van der Waals surface area contributed by atoms with Crippen molar-refractivity contribution in [1.29, 1.82) is 5.26 Å². The quantitative estimate of drug-likeness (QED) is 0.925.